The SMILES string of the molecule is C=CC[C@@H](NC(=O)[C@@H](Cc1c(Br)[nH]c2ccccc12)NC(=O)[C@H](CC(C)C)NC(=O)N1[C@H](C)CCC[C@@H]1C)C(=O)OC. The number of H-pyrrole nitrogens is 1. The van der Waals surface area contributed by atoms with Crippen LogP contribution in [0.1, 0.15) is 65.4 Å². The van der Waals surface area contributed by atoms with Crippen LogP contribution in [0.25, 0.3) is 10.9 Å². The van der Waals surface area contributed by atoms with Gasteiger partial charge in [0.1, 0.15) is 18.1 Å². The summed E-state index contributed by atoms with van der Waals surface area (Å²) in [4.78, 5) is 58.3. The number of halogens is 1. The van der Waals surface area contributed by atoms with Crippen LogP contribution < -0.4 is 16.0 Å². The zero-order chi connectivity index (χ0) is 31.0. The number of carbonyl (C=O) groups excluding carboxylic acids is 4. The Labute approximate surface area is 256 Å². The quantitative estimate of drug-likeness (QED) is 0.198. The van der Waals surface area contributed by atoms with Gasteiger partial charge in [-0.1, -0.05) is 38.1 Å². The Morgan fingerprint density at radius 2 is 1.67 bits per heavy atom. The number of piperidine rings is 1. The van der Waals surface area contributed by atoms with Crippen LogP contribution in [0.4, 0.5) is 4.79 Å². The number of carbonyl (C=O) groups is 4. The fourth-order valence-electron chi connectivity index (χ4n) is 5.60. The third kappa shape index (κ3) is 8.36. The number of aromatic nitrogens is 1. The largest absolute Gasteiger partial charge is 0.467 e. The first-order chi connectivity index (χ1) is 20.0. The minimum Gasteiger partial charge on any atom is -0.467 e. The number of amides is 4. The molecule has 230 valence electrons. The van der Waals surface area contributed by atoms with Gasteiger partial charge in [0, 0.05) is 29.4 Å². The first-order valence-corrected chi connectivity index (χ1v) is 15.4. The highest BCUT2D eigenvalue weighted by Gasteiger charge is 2.34. The summed E-state index contributed by atoms with van der Waals surface area (Å²) in [5, 5.41) is 9.46. The van der Waals surface area contributed by atoms with Crippen molar-refractivity contribution in [1.82, 2.24) is 25.8 Å². The van der Waals surface area contributed by atoms with E-state index in [1.165, 1.54) is 13.2 Å². The van der Waals surface area contributed by atoms with Gasteiger partial charge in [-0.25, -0.2) is 9.59 Å². The third-order valence-electron chi connectivity index (χ3n) is 7.76. The smallest absolute Gasteiger partial charge is 0.328 e. The van der Waals surface area contributed by atoms with E-state index in [9.17, 15) is 19.2 Å². The Morgan fingerprint density at radius 1 is 1.05 bits per heavy atom. The fraction of sp³-hybridized carbons (Fsp3) is 0.548. The number of nitrogens with one attached hydrogen (secondary N) is 4. The summed E-state index contributed by atoms with van der Waals surface area (Å²) in [5.41, 5.74) is 1.67. The monoisotopic (exact) mass is 645 g/mol. The first-order valence-electron chi connectivity index (χ1n) is 14.6. The Balaban J connectivity index is 1.89. The van der Waals surface area contributed by atoms with Crippen LogP contribution in [0, 0.1) is 5.92 Å². The van der Waals surface area contributed by atoms with Crippen LogP contribution >= 0.6 is 15.9 Å². The second kappa shape index (κ2) is 15.2. The summed E-state index contributed by atoms with van der Waals surface area (Å²) in [7, 11) is 1.25. The Hall–Kier alpha value is -3.34. The molecule has 0 aliphatic carbocycles. The highest BCUT2D eigenvalue weighted by Crippen LogP contribution is 2.28. The molecular formula is C31H44BrN5O5. The zero-order valence-electron chi connectivity index (χ0n) is 25.2. The molecule has 2 heterocycles. The maximum absolute atomic E-state index is 13.8. The number of fused-ring (bicyclic) bond motifs is 1. The molecule has 0 bridgehead atoms. The summed E-state index contributed by atoms with van der Waals surface area (Å²) in [6, 6.07) is 4.63. The summed E-state index contributed by atoms with van der Waals surface area (Å²) in [5.74, 6) is -1.53. The average molecular weight is 647 g/mol. The van der Waals surface area contributed by atoms with Gasteiger partial charge in [-0.2, -0.15) is 0 Å². The molecule has 1 aliphatic rings. The lowest BCUT2D eigenvalue weighted by molar-refractivity contribution is -0.145. The van der Waals surface area contributed by atoms with Crippen LogP contribution in [0.3, 0.4) is 0 Å². The van der Waals surface area contributed by atoms with Gasteiger partial charge in [0.05, 0.1) is 11.7 Å². The van der Waals surface area contributed by atoms with E-state index >= 15 is 0 Å². The molecule has 4 N–H and O–H groups in total. The van der Waals surface area contributed by atoms with Crippen molar-refractivity contribution >= 4 is 50.6 Å². The predicted molar refractivity (Wildman–Crippen MR) is 167 cm³/mol. The zero-order valence-corrected chi connectivity index (χ0v) is 26.8. The number of hydrogen-bond acceptors (Lipinski definition) is 5. The fourth-order valence-corrected chi connectivity index (χ4v) is 6.18. The van der Waals surface area contributed by atoms with Crippen molar-refractivity contribution in [2.75, 3.05) is 7.11 Å². The molecule has 11 heteroatoms. The van der Waals surface area contributed by atoms with Gasteiger partial charge < -0.3 is 30.6 Å². The third-order valence-corrected chi connectivity index (χ3v) is 8.43. The second-order valence-corrected chi connectivity index (χ2v) is 12.3. The Morgan fingerprint density at radius 3 is 2.29 bits per heavy atom. The molecule has 0 saturated carbocycles. The number of benzene rings is 1. The van der Waals surface area contributed by atoms with Gasteiger partial charge in [0.2, 0.25) is 11.8 Å². The minimum atomic E-state index is -1.05. The number of likely N-dealkylation sites (tertiary alicyclic amines) is 1. The van der Waals surface area contributed by atoms with E-state index in [0.717, 1.165) is 35.7 Å². The second-order valence-electron chi connectivity index (χ2n) is 11.5. The summed E-state index contributed by atoms with van der Waals surface area (Å²) < 4.78 is 5.54. The van der Waals surface area contributed by atoms with Gasteiger partial charge in [0.25, 0.3) is 0 Å². The molecule has 0 unspecified atom stereocenters. The van der Waals surface area contributed by atoms with Gasteiger partial charge in [-0.3, -0.25) is 9.59 Å². The molecule has 1 aromatic heterocycles. The van der Waals surface area contributed by atoms with E-state index in [2.05, 4.69) is 43.4 Å². The topological polar surface area (TPSA) is 133 Å². The molecule has 2 aromatic rings. The highest BCUT2D eigenvalue weighted by molar-refractivity contribution is 9.10. The van der Waals surface area contributed by atoms with Gasteiger partial charge in [-0.15, -0.1) is 6.58 Å². The summed E-state index contributed by atoms with van der Waals surface area (Å²) >= 11 is 3.56. The number of esters is 1. The van der Waals surface area contributed by atoms with E-state index in [1.807, 2.05) is 56.9 Å². The number of hydrogen-bond donors (Lipinski definition) is 4. The number of ether oxygens (including phenoxy) is 1. The minimum absolute atomic E-state index is 0.0642. The summed E-state index contributed by atoms with van der Waals surface area (Å²) in [6.07, 6.45) is 5.07. The van der Waals surface area contributed by atoms with Crippen molar-refractivity contribution in [3.05, 3.63) is 47.1 Å². The Kier molecular flexibility index (Phi) is 12.0. The van der Waals surface area contributed by atoms with Crippen molar-refractivity contribution < 1.29 is 23.9 Å². The number of para-hydroxylation sites is 1. The van der Waals surface area contributed by atoms with Crippen molar-refractivity contribution in [3.8, 4) is 0 Å². The predicted octanol–water partition coefficient (Wildman–Crippen LogP) is 4.58. The van der Waals surface area contributed by atoms with Crippen LogP contribution in [0.15, 0.2) is 41.5 Å². The van der Waals surface area contributed by atoms with E-state index in [0.29, 0.717) is 11.0 Å². The lowest BCUT2D eigenvalue weighted by Crippen LogP contribution is -2.59. The van der Waals surface area contributed by atoms with Crippen LogP contribution in [-0.4, -0.2) is 71.0 Å². The lowest BCUT2D eigenvalue weighted by atomic mass is 9.97. The molecule has 1 saturated heterocycles. The molecule has 1 fully saturated rings. The van der Waals surface area contributed by atoms with Crippen molar-refractivity contribution in [1.29, 1.82) is 0 Å². The molecule has 5 atom stereocenters. The van der Waals surface area contributed by atoms with Gasteiger partial charge in [-0.05, 0) is 79.4 Å². The van der Waals surface area contributed by atoms with E-state index in [1.54, 1.807) is 0 Å². The van der Waals surface area contributed by atoms with Crippen LogP contribution in [0.2, 0.25) is 0 Å². The maximum Gasteiger partial charge on any atom is 0.328 e. The number of urea groups is 1. The van der Waals surface area contributed by atoms with E-state index in [4.69, 9.17) is 4.74 Å². The van der Waals surface area contributed by atoms with Crippen molar-refractivity contribution in [2.24, 2.45) is 5.92 Å². The summed E-state index contributed by atoms with van der Waals surface area (Å²) in [6.45, 7) is 11.7. The molecule has 3 rings (SSSR count). The standard InChI is InChI=1S/C31H44BrN5O5/c1-7-11-24(30(40)42-6)34-29(39)26(17-22-21-14-8-9-15-23(21)33-27(22)32)35-28(38)25(16-18(2)3)36-31(41)37-19(4)12-10-13-20(37)5/h7-9,14-15,18-20,24-26,33H,1,10-13,16-17H2,2-6H3,(H,34,39)(H,35,38)(H,36,41)/t19-,20+,24-,25+,26-/m1/s1. The average Bonchev–Trinajstić information content (AvgIpc) is 3.25. The number of rotatable bonds is 12. The van der Waals surface area contributed by atoms with Crippen LogP contribution in [-0.2, 0) is 25.5 Å². The lowest BCUT2D eigenvalue weighted by Gasteiger charge is -2.39. The molecule has 10 nitrogen and oxygen atoms in total. The molecule has 4 amide bonds. The molecule has 1 aromatic carbocycles. The van der Waals surface area contributed by atoms with Gasteiger partial charge in [0.15, 0.2) is 0 Å². The first kappa shape index (κ1) is 33.2. The van der Waals surface area contributed by atoms with Crippen LogP contribution in [0.5, 0.6) is 0 Å². The Bertz CT molecular complexity index is 1270. The number of aromatic amines is 1. The molecule has 0 radical (unpaired) electrons. The number of nitrogens with zero attached hydrogens (tertiary/aromatic N) is 1. The van der Waals surface area contributed by atoms with Gasteiger partial charge >= 0.3 is 12.0 Å². The van der Waals surface area contributed by atoms with Crippen molar-refractivity contribution in [3.63, 3.8) is 0 Å². The van der Waals surface area contributed by atoms with Crippen molar-refractivity contribution in [2.45, 2.75) is 96.4 Å². The highest BCUT2D eigenvalue weighted by atomic mass is 79.9. The molecule has 1 aliphatic heterocycles. The molecular weight excluding hydrogens is 602 g/mol. The number of methoxy groups -OCH3 is 1. The molecule has 42 heavy (non-hydrogen) atoms. The maximum atomic E-state index is 13.8. The van der Waals surface area contributed by atoms with E-state index in [-0.39, 0.29) is 36.9 Å². The molecule has 0 spiro atoms. The van der Waals surface area contributed by atoms with E-state index < -0.39 is 35.9 Å². The normalized spacial score (nSPS) is 19.1.